The second-order valence-corrected chi connectivity index (χ2v) is 5.50. The highest BCUT2D eigenvalue weighted by atomic mass is 19.4. The highest BCUT2D eigenvalue weighted by Crippen LogP contribution is 2.19. The Hall–Kier alpha value is -0.780. The smallest absolute Gasteiger partial charge is 0.333 e. The fourth-order valence-corrected chi connectivity index (χ4v) is 1.87. The summed E-state index contributed by atoms with van der Waals surface area (Å²) in [6, 6.07) is 0. The summed E-state index contributed by atoms with van der Waals surface area (Å²) in [5.41, 5.74) is 5.40. The molecule has 2 N–H and O–H groups in total. The third-order valence-corrected chi connectivity index (χ3v) is 2.82. The quantitative estimate of drug-likeness (QED) is 0.744. The van der Waals surface area contributed by atoms with Crippen LogP contribution in [0.4, 0.5) is 13.2 Å². The monoisotopic (exact) mass is 282 g/mol. The molecular formula is C13H25F3N2O. The van der Waals surface area contributed by atoms with Crippen LogP contribution < -0.4 is 5.73 Å². The molecule has 0 saturated heterocycles. The minimum absolute atomic E-state index is 0.0211. The van der Waals surface area contributed by atoms with Gasteiger partial charge in [0.05, 0.1) is 0 Å². The lowest BCUT2D eigenvalue weighted by atomic mass is 10.0. The van der Waals surface area contributed by atoms with Crippen LogP contribution in [0.5, 0.6) is 0 Å². The van der Waals surface area contributed by atoms with E-state index in [2.05, 4.69) is 0 Å². The van der Waals surface area contributed by atoms with Gasteiger partial charge < -0.3 is 10.6 Å². The zero-order valence-corrected chi connectivity index (χ0v) is 12.0. The standard InChI is InChI=1S/C13H25F3N2O/c1-10(2)8-18(9-13(14,15)16)12(19)5-4-11(3)6-7-17/h10-11H,4-9,17H2,1-3H3. The van der Waals surface area contributed by atoms with E-state index in [1.807, 2.05) is 6.92 Å². The Morgan fingerprint density at radius 3 is 2.21 bits per heavy atom. The van der Waals surface area contributed by atoms with Crippen molar-refractivity contribution >= 4 is 5.91 Å². The van der Waals surface area contributed by atoms with Crippen molar-refractivity contribution in [2.75, 3.05) is 19.6 Å². The molecule has 0 aromatic rings. The summed E-state index contributed by atoms with van der Waals surface area (Å²) < 4.78 is 37.3. The molecule has 0 spiro atoms. The summed E-state index contributed by atoms with van der Waals surface area (Å²) in [6.07, 6.45) is -2.81. The average Bonchev–Trinajstić information content (AvgIpc) is 2.22. The first-order chi connectivity index (χ1) is 8.65. The first-order valence-electron chi connectivity index (χ1n) is 6.70. The van der Waals surface area contributed by atoms with Crippen molar-refractivity contribution in [2.24, 2.45) is 17.6 Å². The summed E-state index contributed by atoms with van der Waals surface area (Å²) in [4.78, 5) is 12.8. The summed E-state index contributed by atoms with van der Waals surface area (Å²) in [6.45, 7) is 5.07. The SMILES string of the molecule is CC(C)CN(CC(F)(F)F)C(=O)CCC(C)CCN. The van der Waals surface area contributed by atoms with Crippen LogP contribution in [0.1, 0.15) is 40.0 Å². The first kappa shape index (κ1) is 18.2. The third-order valence-electron chi connectivity index (χ3n) is 2.82. The lowest BCUT2D eigenvalue weighted by Crippen LogP contribution is -2.41. The maximum absolute atomic E-state index is 12.4. The predicted molar refractivity (Wildman–Crippen MR) is 69.5 cm³/mol. The zero-order valence-electron chi connectivity index (χ0n) is 12.0. The number of alkyl halides is 3. The van der Waals surface area contributed by atoms with Crippen LogP contribution in [0.3, 0.4) is 0 Å². The number of halogens is 3. The van der Waals surface area contributed by atoms with Crippen molar-refractivity contribution in [3.63, 3.8) is 0 Å². The predicted octanol–water partition coefficient (Wildman–Crippen LogP) is 2.80. The molecule has 0 saturated carbocycles. The van der Waals surface area contributed by atoms with Gasteiger partial charge in [-0.2, -0.15) is 13.2 Å². The molecule has 1 unspecified atom stereocenters. The molecule has 0 heterocycles. The second kappa shape index (κ2) is 8.40. The topological polar surface area (TPSA) is 46.3 Å². The summed E-state index contributed by atoms with van der Waals surface area (Å²) >= 11 is 0. The number of amides is 1. The lowest BCUT2D eigenvalue weighted by Gasteiger charge is -2.26. The van der Waals surface area contributed by atoms with Crippen molar-refractivity contribution < 1.29 is 18.0 Å². The molecule has 0 aliphatic rings. The molecule has 0 rings (SSSR count). The van der Waals surface area contributed by atoms with Crippen molar-refractivity contribution in [3.8, 4) is 0 Å². The third kappa shape index (κ3) is 9.76. The normalized spacial score (nSPS) is 13.7. The van der Waals surface area contributed by atoms with Crippen molar-refractivity contribution in [2.45, 2.75) is 46.2 Å². The summed E-state index contributed by atoms with van der Waals surface area (Å²) in [5, 5.41) is 0. The highest BCUT2D eigenvalue weighted by Gasteiger charge is 2.33. The molecule has 114 valence electrons. The van der Waals surface area contributed by atoms with Gasteiger partial charge in [0.25, 0.3) is 0 Å². The number of carbonyl (C=O) groups is 1. The molecule has 0 aromatic carbocycles. The molecule has 0 aromatic heterocycles. The number of nitrogens with zero attached hydrogens (tertiary/aromatic N) is 1. The zero-order chi connectivity index (χ0) is 15.1. The number of carbonyl (C=O) groups excluding carboxylic acids is 1. The fraction of sp³-hybridized carbons (Fsp3) is 0.923. The van der Waals surface area contributed by atoms with Gasteiger partial charge in [-0.15, -0.1) is 0 Å². The Morgan fingerprint density at radius 2 is 1.79 bits per heavy atom. The van der Waals surface area contributed by atoms with E-state index in [0.29, 0.717) is 13.0 Å². The minimum Gasteiger partial charge on any atom is -0.333 e. The molecule has 1 atom stereocenters. The van der Waals surface area contributed by atoms with E-state index in [9.17, 15) is 18.0 Å². The molecule has 1 amide bonds. The first-order valence-corrected chi connectivity index (χ1v) is 6.70. The van der Waals surface area contributed by atoms with Gasteiger partial charge in [-0.1, -0.05) is 20.8 Å². The Morgan fingerprint density at radius 1 is 1.21 bits per heavy atom. The van der Waals surface area contributed by atoms with Crippen LogP contribution in [0.2, 0.25) is 0 Å². The van der Waals surface area contributed by atoms with Gasteiger partial charge in [0, 0.05) is 13.0 Å². The fourth-order valence-electron chi connectivity index (χ4n) is 1.87. The van der Waals surface area contributed by atoms with E-state index in [-0.39, 0.29) is 24.8 Å². The number of hydrogen-bond acceptors (Lipinski definition) is 2. The van der Waals surface area contributed by atoms with E-state index < -0.39 is 18.6 Å². The van der Waals surface area contributed by atoms with Crippen LogP contribution >= 0.6 is 0 Å². The van der Waals surface area contributed by atoms with Gasteiger partial charge >= 0.3 is 6.18 Å². The van der Waals surface area contributed by atoms with Gasteiger partial charge in [-0.05, 0) is 31.2 Å². The number of nitrogens with two attached hydrogens (primary N) is 1. The van der Waals surface area contributed by atoms with Crippen molar-refractivity contribution in [1.82, 2.24) is 4.90 Å². The molecule has 0 bridgehead atoms. The van der Waals surface area contributed by atoms with E-state index in [0.717, 1.165) is 11.3 Å². The van der Waals surface area contributed by atoms with Crippen LogP contribution in [-0.2, 0) is 4.79 Å². The summed E-state index contributed by atoms with van der Waals surface area (Å²) in [7, 11) is 0. The number of rotatable bonds is 8. The van der Waals surface area contributed by atoms with Gasteiger partial charge in [-0.25, -0.2) is 0 Å². The van der Waals surface area contributed by atoms with Crippen LogP contribution in [0, 0.1) is 11.8 Å². The molecule has 0 aliphatic carbocycles. The van der Waals surface area contributed by atoms with Gasteiger partial charge in [0.1, 0.15) is 6.54 Å². The molecule has 6 heteroatoms. The van der Waals surface area contributed by atoms with E-state index in [1.54, 1.807) is 13.8 Å². The van der Waals surface area contributed by atoms with Gasteiger partial charge in [0.15, 0.2) is 0 Å². The molecule has 0 aliphatic heterocycles. The Kier molecular flexibility index (Phi) is 8.06. The maximum atomic E-state index is 12.4. The van der Waals surface area contributed by atoms with E-state index in [1.165, 1.54) is 0 Å². The van der Waals surface area contributed by atoms with E-state index >= 15 is 0 Å². The van der Waals surface area contributed by atoms with E-state index in [4.69, 9.17) is 5.73 Å². The molecule has 19 heavy (non-hydrogen) atoms. The molecule has 0 radical (unpaired) electrons. The summed E-state index contributed by atoms with van der Waals surface area (Å²) in [5.74, 6) is -0.136. The molecule has 0 fully saturated rings. The maximum Gasteiger partial charge on any atom is 0.406 e. The second-order valence-electron chi connectivity index (χ2n) is 5.50. The van der Waals surface area contributed by atoms with Crippen LogP contribution in [0.15, 0.2) is 0 Å². The average molecular weight is 282 g/mol. The van der Waals surface area contributed by atoms with Gasteiger partial charge in [-0.3, -0.25) is 4.79 Å². The number of hydrogen-bond donors (Lipinski definition) is 1. The largest absolute Gasteiger partial charge is 0.406 e. The van der Waals surface area contributed by atoms with Crippen LogP contribution in [-0.4, -0.2) is 36.6 Å². The van der Waals surface area contributed by atoms with Crippen LogP contribution in [0.25, 0.3) is 0 Å². The van der Waals surface area contributed by atoms with Crippen molar-refractivity contribution in [1.29, 1.82) is 0 Å². The highest BCUT2D eigenvalue weighted by molar-refractivity contribution is 5.76. The molecule has 3 nitrogen and oxygen atoms in total. The minimum atomic E-state index is -4.34. The molecular weight excluding hydrogens is 257 g/mol. The Labute approximate surface area is 113 Å². The Bertz CT molecular complexity index is 267. The lowest BCUT2D eigenvalue weighted by molar-refractivity contribution is -0.162. The van der Waals surface area contributed by atoms with Crippen molar-refractivity contribution in [3.05, 3.63) is 0 Å². The van der Waals surface area contributed by atoms with Gasteiger partial charge in [0.2, 0.25) is 5.91 Å². The Balaban J connectivity index is 4.38.